The van der Waals surface area contributed by atoms with Gasteiger partial charge in [0.25, 0.3) is 5.56 Å². The number of rotatable bonds is 4. The van der Waals surface area contributed by atoms with Crippen molar-refractivity contribution in [2.24, 2.45) is 0 Å². The molecule has 1 saturated heterocycles. The third-order valence-electron chi connectivity index (χ3n) is 6.01. The second-order valence-electron chi connectivity index (χ2n) is 8.02. The number of aryl methyl sites for hydroxylation is 1. The molecule has 0 unspecified atom stereocenters. The van der Waals surface area contributed by atoms with Crippen molar-refractivity contribution in [2.45, 2.75) is 26.6 Å². The summed E-state index contributed by atoms with van der Waals surface area (Å²) in [6, 6.07) is 16.7. The van der Waals surface area contributed by atoms with Gasteiger partial charge in [0.15, 0.2) is 0 Å². The van der Waals surface area contributed by atoms with Crippen molar-refractivity contribution in [3.8, 4) is 5.69 Å². The van der Waals surface area contributed by atoms with Crippen LogP contribution < -0.4 is 10.9 Å². The zero-order valence-corrected chi connectivity index (χ0v) is 18.0. The summed E-state index contributed by atoms with van der Waals surface area (Å²) in [7, 11) is 0. The van der Waals surface area contributed by atoms with Crippen LogP contribution in [0.25, 0.3) is 16.5 Å². The molecule has 8 heteroatoms. The van der Waals surface area contributed by atoms with E-state index in [2.05, 4.69) is 10.4 Å². The van der Waals surface area contributed by atoms with E-state index in [-0.39, 0.29) is 18.1 Å². The Labute approximate surface area is 185 Å². The molecule has 0 aliphatic carbocycles. The highest BCUT2D eigenvalue weighted by Gasteiger charge is 2.35. The molecule has 3 heterocycles. The van der Waals surface area contributed by atoms with Crippen LogP contribution in [0, 0.1) is 13.8 Å². The molecule has 2 aromatic heterocycles. The average Bonchev–Trinajstić information content (AvgIpc) is 3.10. The molecular weight excluding hydrogens is 404 g/mol. The van der Waals surface area contributed by atoms with Crippen molar-refractivity contribution in [1.82, 2.24) is 29.8 Å². The first-order valence-electron chi connectivity index (χ1n) is 10.6. The minimum Gasteiger partial charge on any atom is -0.353 e. The Balaban J connectivity index is 1.55. The SMILES string of the molecule is Cc1nn(-c2ccccc2)c(C)c1[C@@H]1C(=O)NCCN1Cn1ncc2ccccc2c1=O. The first-order valence-corrected chi connectivity index (χ1v) is 10.6. The van der Waals surface area contributed by atoms with Crippen LogP contribution in [-0.4, -0.2) is 43.5 Å². The summed E-state index contributed by atoms with van der Waals surface area (Å²) in [6.07, 6.45) is 1.69. The molecule has 1 N–H and O–H groups in total. The summed E-state index contributed by atoms with van der Waals surface area (Å²) >= 11 is 0. The van der Waals surface area contributed by atoms with E-state index in [1.807, 2.05) is 72.0 Å². The zero-order chi connectivity index (χ0) is 22.2. The quantitative estimate of drug-likeness (QED) is 0.539. The molecule has 4 aromatic rings. The first kappa shape index (κ1) is 20.1. The van der Waals surface area contributed by atoms with Crippen molar-refractivity contribution >= 4 is 16.7 Å². The molecule has 2 aromatic carbocycles. The number of benzene rings is 2. The lowest BCUT2D eigenvalue weighted by Crippen LogP contribution is -2.51. The Morgan fingerprint density at radius 1 is 1.03 bits per heavy atom. The van der Waals surface area contributed by atoms with Crippen molar-refractivity contribution in [1.29, 1.82) is 0 Å². The number of amides is 1. The van der Waals surface area contributed by atoms with E-state index >= 15 is 0 Å². The minimum atomic E-state index is -0.554. The average molecular weight is 428 g/mol. The second-order valence-corrected chi connectivity index (χ2v) is 8.02. The minimum absolute atomic E-state index is 0.0936. The number of hydrogen-bond acceptors (Lipinski definition) is 5. The van der Waals surface area contributed by atoms with Gasteiger partial charge in [-0.2, -0.15) is 10.2 Å². The van der Waals surface area contributed by atoms with E-state index in [0.29, 0.717) is 18.5 Å². The molecule has 0 bridgehead atoms. The van der Waals surface area contributed by atoms with Gasteiger partial charge >= 0.3 is 0 Å². The van der Waals surface area contributed by atoms with E-state index in [1.165, 1.54) is 4.68 Å². The van der Waals surface area contributed by atoms with Gasteiger partial charge in [0.2, 0.25) is 5.91 Å². The first-order chi connectivity index (χ1) is 15.5. The molecule has 1 amide bonds. The van der Waals surface area contributed by atoms with Crippen molar-refractivity contribution in [3.05, 3.63) is 88.1 Å². The fourth-order valence-electron chi connectivity index (χ4n) is 4.45. The standard InChI is InChI=1S/C24H24N6O2/c1-16-21(17(2)30(27-16)19-9-4-3-5-10-19)22-23(31)25-12-13-28(22)15-29-24(32)20-11-7-6-8-18(20)14-26-29/h3-11,14,22H,12-13,15H2,1-2H3,(H,25,31)/t22-/m1/s1. The number of carbonyl (C=O) groups excluding carboxylic acids is 1. The molecule has 0 radical (unpaired) electrons. The van der Waals surface area contributed by atoms with Gasteiger partial charge < -0.3 is 5.32 Å². The van der Waals surface area contributed by atoms with Gasteiger partial charge in [0.05, 0.1) is 29.6 Å². The van der Waals surface area contributed by atoms with Crippen molar-refractivity contribution in [2.75, 3.05) is 13.1 Å². The number of piperazine rings is 1. The lowest BCUT2D eigenvalue weighted by molar-refractivity contribution is -0.130. The van der Waals surface area contributed by atoms with E-state index < -0.39 is 6.04 Å². The summed E-state index contributed by atoms with van der Waals surface area (Å²) in [5, 5.41) is 13.5. The molecule has 32 heavy (non-hydrogen) atoms. The smallest absolute Gasteiger partial charge is 0.275 e. The Kier molecular flexibility index (Phi) is 5.07. The Morgan fingerprint density at radius 3 is 2.59 bits per heavy atom. The van der Waals surface area contributed by atoms with Crippen LogP contribution >= 0.6 is 0 Å². The predicted octanol–water partition coefficient (Wildman–Crippen LogP) is 2.33. The van der Waals surface area contributed by atoms with E-state index in [4.69, 9.17) is 5.10 Å². The number of hydrogen-bond donors (Lipinski definition) is 1. The summed E-state index contributed by atoms with van der Waals surface area (Å²) in [6.45, 7) is 5.23. The summed E-state index contributed by atoms with van der Waals surface area (Å²) in [4.78, 5) is 28.0. The van der Waals surface area contributed by atoms with Gasteiger partial charge in [-0.1, -0.05) is 36.4 Å². The third kappa shape index (κ3) is 3.38. The van der Waals surface area contributed by atoms with Crippen LogP contribution in [-0.2, 0) is 11.5 Å². The Bertz CT molecular complexity index is 1360. The van der Waals surface area contributed by atoms with Crippen LogP contribution in [0.1, 0.15) is 23.0 Å². The van der Waals surface area contributed by atoms with Crippen molar-refractivity contribution in [3.63, 3.8) is 0 Å². The molecule has 1 aliphatic rings. The van der Waals surface area contributed by atoms with E-state index in [0.717, 1.165) is 28.0 Å². The lowest BCUT2D eigenvalue weighted by atomic mass is 10.0. The van der Waals surface area contributed by atoms with Gasteiger partial charge in [-0.3, -0.25) is 14.5 Å². The number of para-hydroxylation sites is 1. The fraction of sp³-hybridized carbons (Fsp3) is 0.250. The number of nitrogens with one attached hydrogen (secondary N) is 1. The number of aromatic nitrogens is 4. The van der Waals surface area contributed by atoms with E-state index in [1.54, 1.807) is 12.3 Å². The molecule has 162 valence electrons. The Morgan fingerprint density at radius 2 is 1.78 bits per heavy atom. The molecule has 5 rings (SSSR count). The van der Waals surface area contributed by atoms with Gasteiger partial charge in [-0.05, 0) is 32.0 Å². The van der Waals surface area contributed by atoms with Crippen LogP contribution in [0.15, 0.2) is 65.6 Å². The summed E-state index contributed by atoms with van der Waals surface area (Å²) in [5.74, 6) is -0.0936. The van der Waals surface area contributed by atoms with Crippen LogP contribution in [0.3, 0.4) is 0 Å². The third-order valence-corrected chi connectivity index (χ3v) is 6.01. The molecule has 1 aliphatic heterocycles. The van der Waals surface area contributed by atoms with Gasteiger partial charge in [0, 0.05) is 29.7 Å². The highest BCUT2D eigenvalue weighted by atomic mass is 16.2. The summed E-state index contributed by atoms with van der Waals surface area (Å²) in [5.41, 5.74) is 3.33. The van der Waals surface area contributed by atoms with Crippen LogP contribution in [0.4, 0.5) is 0 Å². The van der Waals surface area contributed by atoms with Gasteiger partial charge in [-0.25, -0.2) is 9.36 Å². The monoisotopic (exact) mass is 428 g/mol. The summed E-state index contributed by atoms with van der Waals surface area (Å²) < 4.78 is 3.30. The maximum Gasteiger partial charge on any atom is 0.275 e. The largest absolute Gasteiger partial charge is 0.353 e. The lowest BCUT2D eigenvalue weighted by Gasteiger charge is -2.35. The topological polar surface area (TPSA) is 85.1 Å². The number of carbonyl (C=O) groups is 1. The predicted molar refractivity (Wildman–Crippen MR) is 121 cm³/mol. The van der Waals surface area contributed by atoms with Crippen molar-refractivity contribution < 1.29 is 4.79 Å². The molecule has 0 saturated carbocycles. The van der Waals surface area contributed by atoms with Crippen LogP contribution in [0.5, 0.6) is 0 Å². The van der Waals surface area contributed by atoms with Gasteiger partial charge in [-0.15, -0.1) is 0 Å². The zero-order valence-electron chi connectivity index (χ0n) is 18.0. The molecular formula is C24H24N6O2. The molecule has 0 spiro atoms. The number of nitrogens with zero attached hydrogens (tertiary/aromatic N) is 5. The van der Waals surface area contributed by atoms with E-state index in [9.17, 15) is 9.59 Å². The normalized spacial score (nSPS) is 16.9. The highest BCUT2D eigenvalue weighted by Crippen LogP contribution is 2.30. The maximum absolute atomic E-state index is 13.0. The molecule has 1 atom stereocenters. The highest BCUT2D eigenvalue weighted by molar-refractivity contribution is 5.84. The fourth-order valence-corrected chi connectivity index (χ4v) is 4.45. The molecule has 8 nitrogen and oxygen atoms in total. The van der Waals surface area contributed by atoms with Crippen LogP contribution in [0.2, 0.25) is 0 Å². The Hall–Kier alpha value is -3.78. The second kappa shape index (κ2) is 8.05. The molecule has 1 fully saturated rings. The number of fused-ring (bicyclic) bond motifs is 1. The van der Waals surface area contributed by atoms with Gasteiger partial charge in [0.1, 0.15) is 6.04 Å². The maximum atomic E-state index is 13.0.